The standard InChI is InChI=1S/C15H30N2/c1-14(2)13(15(14,3)4)11-17-10-7-12-5-8-16-9-6-12/h12-13,16-17H,5-11H2,1-4H3. The van der Waals surface area contributed by atoms with E-state index in [9.17, 15) is 0 Å². The van der Waals surface area contributed by atoms with Gasteiger partial charge in [-0.15, -0.1) is 0 Å². The fourth-order valence-corrected chi connectivity index (χ4v) is 3.57. The highest BCUT2D eigenvalue weighted by atomic mass is 14.9. The molecular formula is C15H30N2. The van der Waals surface area contributed by atoms with Crippen molar-refractivity contribution in [2.45, 2.75) is 47.0 Å². The van der Waals surface area contributed by atoms with Crippen LogP contribution in [0.4, 0.5) is 0 Å². The van der Waals surface area contributed by atoms with Crippen LogP contribution in [0.25, 0.3) is 0 Å². The lowest BCUT2D eigenvalue weighted by molar-refractivity contribution is 0.346. The van der Waals surface area contributed by atoms with Gasteiger partial charge in [0.1, 0.15) is 0 Å². The first-order valence-corrected chi connectivity index (χ1v) is 7.37. The lowest BCUT2D eigenvalue weighted by Gasteiger charge is -2.22. The molecule has 1 heterocycles. The van der Waals surface area contributed by atoms with Crippen molar-refractivity contribution in [2.24, 2.45) is 22.7 Å². The fraction of sp³-hybridized carbons (Fsp3) is 1.00. The summed E-state index contributed by atoms with van der Waals surface area (Å²) in [5.41, 5.74) is 1.07. The second kappa shape index (κ2) is 4.89. The van der Waals surface area contributed by atoms with Gasteiger partial charge in [0.25, 0.3) is 0 Å². The zero-order valence-corrected chi connectivity index (χ0v) is 12.1. The second-order valence-electron chi connectivity index (χ2n) is 7.18. The van der Waals surface area contributed by atoms with Gasteiger partial charge in [0, 0.05) is 0 Å². The van der Waals surface area contributed by atoms with E-state index in [1.165, 1.54) is 45.4 Å². The zero-order valence-electron chi connectivity index (χ0n) is 12.1. The minimum Gasteiger partial charge on any atom is -0.317 e. The summed E-state index contributed by atoms with van der Waals surface area (Å²) in [6.45, 7) is 14.5. The number of rotatable bonds is 5. The molecule has 0 aromatic rings. The van der Waals surface area contributed by atoms with Crippen LogP contribution in [0.15, 0.2) is 0 Å². The number of nitrogens with one attached hydrogen (secondary N) is 2. The van der Waals surface area contributed by atoms with Crippen molar-refractivity contribution in [1.29, 1.82) is 0 Å². The number of piperidine rings is 1. The molecule has 0 spiro atoms. The highest BCUT2D eigenvalue weighted by Gasteiger charge is 2.63. The first-order chi connectivity index (χ1) is 7.96. The van der Waals surface area contributed by atoms with E-state index in [-0.39, 0.29) is 0 Å². The molecular weight excluding hydrogens is 208 g/mol. The number of hydrogen-bond acceptors (Lipinski definition) is 2. The molecule has 0 aromatic carbocycles. The van der Waals surface area contributed by atoms with Crippen molar-refractivity contribution in [1.82, 2.24) is 10.6 Å². The van der Waals surface area contributed by atoms with E-state index in [0.29, 0.717) is 10.8 Å². The smallest absolute Gasteiger partial charge is 0.000989 e. The summed E-state index contributed by atoms with van der Waals surface area (Å²) in [5, 5.41) is 7.12. The average Bonchev–Trinajstić information content (AvgIpc) is 2.67. The van der Waals surface area contributed by atoms with E-state index in [1.54, 1.807) is 0 Å². The Kier molecular flexibility index (Phi) is 3.84. The molecule has 2 nitrogen and oxygen atoms in total. The van der Waals surface area contributed by atoms with Gasteiger partial charge < -0.3 is 10.6 Å². The molecule has 0 bridgehead atoms. The highest BCUT2D eigenvalue weighted by molar-refractivity contribution is 5.12. The van der Waals surface area contributed by atoms with Gasteiger partial charge in [-0.1, -0.05) is 27.7 Å². The Morgan fingerprint density at radius 3 is 2.18 bits per heavy atom. The topological polar surface area (TPSA) is 24.1 Å². The molecule has 1 aliphatic carbocycles. The predicted octanol–water partition coefficient (Wildman–Crippen LogP) is 2.65. The second-order valence-corrected chi connectivity index (χ2v) is 7.18. The van der Waals surface area contributed by atoms with Crippen LogP contribution < -0.4 is 10.6 Å². The van der Waals surface area contributed by atoms with Gasteiger partial charge in [-0.2, -0.15) is 0 Å². The monoisotopic (exact) mass is 238 g/mol. The molecule has 2 heteroatoms. The van der Waals surface area contributed by atoms with Crippen LogP contribution in [0, 0.1) is 22.7 Å². The van der Waals surface area contributed by atoms with Crippen LogP contribution >= 0.6 is 0 Å². The Morgan fingerprint density at radius 1 is 1.06 bits per heavy atom. The maximum absolute atomic E-state index is 3.69. The molecule has 100 valence electrons. The summed E-state index contributed by atoms with van der Waals surface area (Å²) < 4.78 is 0. The lowest BCUT2D eigenvalue weighted by atomic mass is 9.95. The van der Waals surface area contributed by atoms with Crippen molar-refractivity contribution in [3.8, 4) is 0 Å². The van der Waals surface area contributed by atoms with Gasteiger partial charge >= 0.3 is 0 Å². The summed E-state index contributed by atoms with van der Waals surface area (Å²) in [6, 6.07) is 0. The Labute approximate surface area is 107 Å². The first-order valence-electron chi connectivity index (χ1n) is 7.37. The summed E-state index contributed by atoms with van der Waals surface area (Å²) in [6.07, 6.45) is 4.12. The van der Waals surface area contributed by atoms with E-state index in [1.807, 2.05) is 0 Å². The molecule has 0 radical (unpaired) electrons. The van der Waals surface area contributed by atoms with Crippen LogP contribution in [-0.2, 0) is 0 Å². The number of hydrogen-bond donors (Lipinski definition) is 2. The highest BCUT2D eigenvalue weighted by Crippen LogP contribution is 2.67. The summed E-state index contributed by atoms with van der Waals surface area (Å²) in [4.78, 5) is 0. The van der Waals surface area contributed by atoms with Crippen LogP contribution in [0.3, 0.4) is 0 Å². The van der Waals surface area contributed by atoms with Crippen molar-refractivity contribution in [2.75, 3.05) is 26.2 Å². The maximum atomic E-state index is 3.69. The van der Waals surface area contributed by atoms with Gasteiger partial charge in [0.15, 0.2) is 0 Å². The summed E-state index contributed by atoms with van der Waals surface area (Å²) in [5.74, 6) is 1.83. The van der Waals surface area contributed by atoms with Gasteiger partial charge in [0.2, 0.25) is 0 Å². The average molecular weight is 238 g/mol. The Balaban J connectivity index is 1.58. The molecule has 0 unspecified atom stereocenters. The van der Waals surface area contributed by atoms with Crippen molar-refractivity contribution >= 4 is 0 Å². The molecule has 2 aliphatic rings. The van der Waals surface area contributed by atoms with Crippen LogP contribution in [-0.4, -0.2) is 26.2 Å². The molecule has 2 rings (SSSR count). The van der Waals surface area contributed by atoms with Crippen LogP contribution in [0.2, 0.25) is 0 Å². The third-order valence-electron chi connectivity index (χ3n) is 5.86. The molecule has 1 saturated carbocycles. The molecule has 0 amide bonds. The summed E-state index contributed by atoms with van der Waals surface area (Å²) in [7, 11) is 0. The fourth-order valence-electron chi connectivity index (χ4n) is 3.57. The molecule has 1 saturated heterocycles. The Bertz CT molecular complexity index is 238. The first kappa shape index (κ1) is 13.4. The normalized spacial score (nSPS) is 28.2. The SMILES string of the molecule is CC1(C)C(CNCCC2CCNCC2)C1(C)C. The quantitative estimate of drug-likeness (QED) is 0.720. The van der Waals surface area contributed by atoms with Gasteiger partial charge in [-0.25, -0.2) is 0 Å². The van der Waals surface area contributed by atoms with Crippen LogP contribution in [0.5, 0.6) is 0 Å². The predicted molar refractivity (Wildman–Crippen MR) is 74.1 cm³/mol. The lowest BCUT2D eigenvalue weighted by Crippen LogP contribution is -2.30. The molecule has 0 aromatic heterocycles. The van der Waals surface area contributed by atoms with Crippen LogP contribution in [0.1, 0.15) is 47.0 Å². The van der Waals surface area contributed by atoms with Crippen molar-refractivity contribution in [3.05, 3.63) is 0 Å². The summed E-state index contributed by atoms with van der Waals surface area (Å²) >= 11 is 0. The Morgan fingerprint density at radius 2 is 1.65 bits per heavy atom. The third kappa shape index (κ3) is 2.68. The molecule has 17 heavy (non-hydrogen) atoms. The van der Waals surface area contributed by atoms with E-state index < -0.39 is 0 Å². The van der Waals surface area contributed by atoms with Gasteiger partial charge in [0.05, 0.1) is 0 Å². The van der Waals surface area contributed by atoms with Crippen molar-refractivity contribution in [3.63, 3.8) is 0 Å². The third-order valence-corrected chi connectivity index (χ3v) is 5.86. The largest absolute Gasteiger partial charge is 0.317 e. The minimum absolute atomic E-state index is 0.536. The molecule has 1 aliphatic heterocycles. The Hall–Kier alpha value is -0.0800. The van der Waals surface area contributed by atoms with Gasteiger partial charge in [-0.05, 0) is 68.1 Å². The van der Waals surface area contributed by atoms with E-state index >= 15 is 0 Å². The molecule has 2 N–H and O–H groups in total. The molecule has 0 atom stereocenters. The van der Waals surface area contributed by atoms with Gasteiger partial charge in [-0.3, -0.25) is 0 Å². The van der Waals surface area contributed by atoms with Crippen molar-refractivity contribution < 1.29 is 0 Å². The van der Waals surface area contributed by atoms with E-state index in [0.717, 1.165) is 11.8 Å². The minimum atomic E-state index is 0.536. The van der Waals surface area contributed by atoms with E-state index in [4.69, 9.17) is 0 Å². The maximum Gasteiger partial charge on any atom is -0.000989 e. The van der Waals surface area contributed by atoms with E-state index in [2.05, 4.69) is 38.3 Å². The zero-order chi connectivity index (χ0) is 12.5. The molecule has 2 fully saturated rings.